The van der Waals surface area contributed by atoms with Crippen LogP contribution in [-0.4, -0.2) is 29.2 Å². The molecule has 0 bridgehead atoms. The van der Waals surface area contributed by atoms with Crippen molar-refractivity contribution in [3.63, 3.8) is 0 Å². The molecule has 5 heteroatoms. The molecular weight excluding hydrogens is 268 g/mol. The lowest BCUT2D eigenvalue weighted by Gasteiger charge is -2.19. The van der Waals surface area contributed by atoms with E-state index >= 15 is 0 Å². The van der Waals surface area contributed by atoms with Crippen molar-refractivity contribution in [3.8, 4) is 5.75 Å². The summed E-state index contributed by atoms with van der Waals surface area (Å²) in [5.74, 6) is -0.304. The third-order valence-corrected chi connectivity index (χ3v) is 3.51. The van der Waals surface area contributed by atoms with Gasteiger partial charge in [0.25, 0.3) is 0 Å². The van der Waals surface area contributed by atoms with E-state index in [1.54, 1.807) is 6.92 Å². The molecule has 0 aliphatic rings. The predicted molar refractivity (Wildman–Crippen MR) is 73.9 cm³/mol. The summed E-state index contributed by atoms with van der Waals surface area (Å²) in [6.45, 7) is 3.40. The Balaban J connectivity index is 3.67. The van der Waals surface area contributed by atoms with E-state index in [2.05, 4.69) is 0 Å². The van der Waals surface area contributed by atoms with E-state index in [9.17, 15) is 15.0 Å². The highest BCUT2D eigenvalue weighted by atomic mass is 35.5. The first kappa shape index (κ1) is 15.8. The lowest BCUT2D eigenvalue weighted by molar-refractivity contribution is 0.0596. The highest BCUT2D eigenvalue weighted by Crippen LogP contribution is 2.34. The quantitative estimate of drug-likeness (QED) is 0.644. The number of alkyl halides is 1. The Morgan fingerprint density at radius 2 is 1.95 bits per heavy atom. The van der Waals surface area contributed by atoms with Crippen LogP contribution in [0.5, 0.6) is 5.75 Å². The lowest BCUT2D eigenvalue weighted by atomic mass is 9.89. The van der Waals surface area contributed by atoms with Crippen LogP contribution in [0.25, 0.3) is 0 Å². The molecule has 106 valence electrons. The van der Waals surface area contributed by atoms with Gasteiger partial charge in [0.05, 0.1) is 13.7 Å². The molecule has 0 aliphatic heterocycles. The summed E-state index contributed by atoms with van der Waals surface area (Å²) in [5.41, 5.74) is 2.83. The summed E-state index contributed by atoms with van der Waals surface area (Å²) in [6, 6.07) is 0. The van der Waals surface area contributed by atoms with Crippen LogP contribution in [-0.2, 0) is 24.2 Å². The molecule has 0 atom stereocenters. The number of ether oxygens (including phenoxy) is 1. The van der Waals surface area contributed by atoms with Crippen LogP contribution < -0.4 is 0 Å². The molecule has 1 rings (SSSR count). The number of rotatable bonds is 5. The fourth-order valence-electron chi connectivity index (χ4n) is 2.39. The van der Waals surface area contributed by atoms with E-state index in [1.165, 1.54) is 7.11 Å². The molecule has 0 saturated carbocycles. The van der Waals surface area contributed by atoms with Crippen LogP contribution in [0.1, 0.15) is 39.5 Å². The molecule has 2 N–H and O–H groups in total. The number of methoxy groups -OCH3 is 1. The van der Waals surface area contributed by atoms with Crippen LogP contribution in [0.3, 0.4) is 0 Å². The molecule has 4 nitrogen and oxygen atoms in total. The molecular formula is C14H19ClO4. The number of halogens is 1. The number of benzene rings is 1. The highest BCUT2D eigenvalue weighted by molar-refractivity contribution is 6.18. The standard InChI is InChI=1S/C14H19ClO4/c1-4-9-11(7-16)10(5-6-15)8(2)12(13(9)17)14(18)19-3/h16-17H,4-7H2,1-3H3. The van der Waals surface area contributed by atoms with Crippen molar-refractivity contribution in [2.75, 3.05) is 13.0 Å². The Bertz CT molecular complexity index is 483. The summed E-state index contributed by atoms with van der Waals surface area (Å²) < 4.78 is 4.71. The van der Waals surface area contributed by atoms with Crippen LogP contribution >= 0.6 is 11.6 Å². The fourth-order valence-corrected chi connectivity index (χ4v) is 2.58. The molecule has 19 heavy (non-hydrogen) atoms. The van der Waals surface area contributed by atoms with Crippen molar-refractivity contribution in [1.82, 2.24) is 0 Å². The van der Waals surface area contributed by atoms with Gasteiger partial charge >= 0.3 is 5.97 Å². The second-order valence-corrected chi connectivity index (χ2v) is 4.60. The average Bonchev–Trinajstić information content (AvgIpc) is 2.41. The Morgan fingerprint density at radius 1 is 1.32 bits per heavy atom. The summed E-state index contributed by atoms with van der Waals surface area (Å²) in [6.07, 6.45) is 1.04. The fraction of sp³-hybridized carbons (Fsp3) is 0.500. The van der Waals surface area contributed by atoms with Gasteiger partial charge in [-0.05, 0) is 36.5 Å². The topological polar surface area (TPSA) is 66.8 Å². The summed E-state index contributed by atoms with van der Waals surface area (Å²) in [7, 11) is 1.27. The molecule has 0 radical (unpaired) electrons. The number of hydrogen-bond donors (Lipinski definition) is 2. The summed E-state index contributed by atoms with van der Waals surface area (Å²) >= 11 is 5.78. The van der Waals surface area contributed by atoms with Gasteiger partial charge in [0.15, 0.2) is 0 Å². The van der Waals surface area contributed by atoms with Crippen molar-refractivity contribution >= 4 is 17.6 Å². The zero-order valence-corrected chi connectivity index (χ0v) is 12.2. The van der Waals surface area contributed by atoms with Crippen molar-refractivity contribution in [1.29, 1.82) is 0 Å². The summed E-state index contributed by atoms with van der Waals surface area (Å²) in [5, 5.41) is 19.8. The second-order valence-electron chi connectivity index (χ2n) is 4.23. The van der Waals surface area contributed by atoms with Gasteiger partial charge in [-0.1, -0.05) is 6.92 Å². The number of phenols is 1. The number of carbonyl (C=O) groups excluding carboxylic acids is 1. The molecule has 0 heterocycles. The first-order valence-electron chi connectivity index (χ1n) is 6.14. The Hall–Kier alpha value is -1.26. The van der Waals surface area contributed by atoms with Gasteiger partial charge in [0, 0.05) is 11.4 Å². The van der Waals surface area contributed by atoms with Crippen LogP contribution in [0.2, 0.25) is 0 Å². The van der Waals surface area contributed by atoms with Gasteiger partial charge in [-0.25, -0.2) is 4.79 Å². The van der Waals surface area contributed by atoms with E-state index in [0.29, 0.717) is 35.4 Å². The Morgan fingerprint density at radius 3 is 2.37 bits per heavy atom. The second kappa shape index (κ2) is 6.78. The first-order valence-corrected chi connectivity index (χ1v) is 6.68. The van der Waals surface area contributed by atoms with E-state index in [-0.39, 0.29) is 17.9 Å². The zero-order chi connectivity index (χ0) is 14.6. The first-order chi connectivity index (χ1) is 9.03. The smallest absolute Gasteiger partial charge is 0.341 e. The normalized spacial score (nSPS) is 10.6. The van der Waals surface area contributed by atoms with Gasteiger partial charge in [-0.3, -0.25) is 0 Å². The van der Waals surface area contributed by atoms with E-state index in [1.807, 2.05) is 6.92 Å². The molecule has 0 amide bonds. The van der Waals surface area contributed by atoms with Crippen molar-refractivity contribution in [3.05, 3.63) is 27.8 Å². The monoisotopic (exact) mass is 286 g/mol. The van der Waals surface area contributed by atoms with Gasteiger partial charge in [-0.15, -0.1) is 11.6 Å². The van der Waals surface area contributed by atoms with E-state index in [0.717, 1.165) is 5.56 Å². The average molecular weight is 287 g/mol. The molecule has 0 aliphatic carbocycles. The third kappa shape index (κ3) is 2.85. The molecule has 0 fully saturated rings. The third-order valence-electron chi connectivity index (χ3n) is 3.32. The van der Waals surface area contributed by atoms with Gasteiger partial charge in [-0.2, -0.15) is 0 Å². The maximum absolute atomic E-state index is 11.8. The van der Waals surface area contributed by atoms with E-state index in [4.69, 9.17) is 16.3 Å². The van der Waals surface area contributed by atoms with Gasteiger partial charge in [0.1, 0.15) is 11.3 Å². The molecule has 0 unspecified atom stereocenters. The SMILES string of the molecule is CCc1c(O)c(C(=O)OC)c(C)c(CCCl)c1CO. The number of aliphatic hydroxyl groups is 1. The molecule has 0 saturated heterocycles. The minimum Gasteiger partial charge on any atom is -0.507 e. The Kier molecular flexibility index (Phi) is 5.63. The maximum Gasteiger partial charge on any atom is 0.341 e. The number of carbonyl (C=O) groups is 1. The number of esters is 1. The number of aromatic hydroxyl groups is 1. The van der Waals surface area contributed by atoms with Crippen molar-refractivity contribution in [2.24, 2.45) is 0 Å². The molecule has 0 spiro atoms. The largest absolute Gasteiger partial charge is 0.507 e. The summed E-state index contributed by atoms with van der Waals surface area (Å²) in [4.78, 5) is 11.8. The zero-order valence-electron chi connectivity index (χ0n) is 11.4. The highest BCUT2D eigenvalue weighted by Gasteiger charge is 2.24. The lowest BCUT2D eigenvalue weighted by Crippen LogP contribution is -2.12. The van der Waals surface area contributed by atoms with Crippen LogP contribution in [0, 0.1) is 6.92 Å². The minimum atomic E-state index is -0.579. The van der Waals surface area contributed by atoms with Crippen molar-refractivity contribution < 1.29 is 19.7 Å². The number of phenolic OH excluding ortho intramolecular Hbond substituents is 1. The number of hydrogen-bond acceptors (Lipinski definition) is 4. The van der Waals surface area contributed by atoms with Crippen molar-refractivity contribution in [2.45, 2.75) is 33.3 Å². The van der Waals surface area contributed by atoms with Gasteiger partial charge < -0.3 is 14.9 Å². The molecule has 0 aromatic heterocycles. The maximum atomic E-state index is 11.8. The molecule has 1 aromatic carbocycles. The minimum absolute atomic E-state index is 0.103. The van der Waals surface area contributed by atoms with Crippen LogP contribution in [0.4, 0.5) is 0 Å². The van der Waals surface area contributed by atoms with Gasteiger partial charge in [0.2, 0.25) is 0 Å². The van der Waals surface area contributed by atoms with Crippen LogP contribution in [0.15, 0.2) is 0 Å². The molecule has 1 aromatic rings. The number of aliphatic hydroxyl groups excluding tert-OH is 1. The predicted octanol–water partition coefficient (Wildman–Crippen LogP) is 2.32. The Labute approximate surface area is 118 Å². The van der Waals surface area contributed by atoms with E-state index < -0.39 is 5.97 Å².